The van der Waals surface area contributed by atoms with E-state index in [0.29, 0.717) is 63.8 Å². The summed E-state index contributed by atoms with van der Waals surface area (Å²) < 4.78 is 7.09. The molecular weight excluding hydrogens is 971 g/mol. The van der Waals surface area contributed by atoms with E-state index >= 15 is 0 Å². The number of nitrogens with zero attached hydrogens (tertiary/aromatic N) is 16. The van der Waals surface area contributed by atoms with Gasteiger partial charge in [0, 0.05) is 48.7 Å². The molecule has 0 radical (unpaired) electrons. The number of imidazole rings is 3. The first-order valence-corrected chi connectivity index (χ1v) is 23.9. The number of aromatic nitrogens is 15. The number of amides is 1. The SMILES string of the molecule is C.C.C=C1N=C(N)C=CN1C(C)C.C=C1NC(=O)C=CN1C(C)C.CC(C)n1cnc2c(=O)[nH]cnc21.CC(C)n1ncc(N)nc1=O.Cc1nc(C)c2ncn(C(C)C)c2n1.Cc1nc2c(ncn2C(C)C)c(=O)[nH]1. The summed E-state index contributed by atoms with van der Waals surface area (Å²) in [5.41, 5.74) is 14.8. The number of hydrogen-bond donors (Lipinski definition) is 5. The number of H-pyrrole nitrogens is 2. The van der Waals surface area contributed by atoms with Crippen LogP contribution in [0.25, 0.3) is 33.5 Å². The van der Waals surface area contributed by atoms with E-state index in [-0.39, 0.29) is 55.8 Å². The van der Waals surface area contributed by atoms with Gasteiger partial charge in [-0.25, -0.2) is 49.4 Å². The van der Waals surface area contributed by atoms with E-state index in [1.54, 1.807) is 31.9 Å². The Kier molecular flexibility index (Phi) is 23.5. The first-order valence-electron chi connectivity index (χ1n) is 23.9. The van der Waals surface area contributed by atoms with E-state index in [4.69, 9.17) is 11.5 Å². The van der Waals surface area contributed by atoms with Gasteiger partial charge in [0.2, 0.25) is 0 Å². The topological polar surface area (TPSA) is 318 Å². The molecule has 25 nitrogen and oxygen atoms in total. The Balaban J connectivity index is 0.000000312. The van der Waals surface area contributed by atoms with Crippen LogP contribution in [0.3, 0.4) is 0 Å². The minimum absolute atomic E-state index is 0. The number of hydrogen-bond acceptors (Lipinski definition) is 18. The molecule has 9 rings (SSSR count). The van der Waals surface area contributed by atoms with Gasteiger partial charge in [0.25, 0.3) is 17.0 Å². The highest BCUT2D eigenvalue weighted by Gasteiger charge is 2.16. The Bertz CT molecular complexity index is 3340. The number of aromatic amines is 2. The van der Waals surface area contributed by atoms with Gasteiger partial charge < -0.3 is 50.3 Å². The van der Waals surface area contributed by atoms with Crippen LogP contribution in [0.2, 0.25) is 0 Å². The highest BCUT2D eigenvalue weighted by Crippen LogP contribution is 2.18. The summed E-state index contributed by atoms with van der Waals surface area (Å²) >= 11 is 0. The zero-order valence-corrected chi connectivity index (χ0v) is 45.0. The number of aryl methyl sites for hydroxylation is 3. The number of carbonyl (C=O) groups is 1. The van der Waals surface area contributed by atoms with Crippen molar-refractivity contribution in [2.45, 2.75) is 155 Å². The molecule has 0 spiro atoms. The van der Waals surface area contributed by atoms with Crippen molar-refractivity contribution in [1.29, 1.82) is 0 Å². The molecule has 1 amide bonds. The first kappa shape index (κ1) is 63.5. The van der Waals surface area contributed by atoms with Crippen LogP contribution in [0.1, 0.15) is 139 Å². The Labute approximate surface area is 443 Å². The van der Waals surface area contributed by atoms with Gasteiger partial charge >= 0.3 is 5.69 Å². The molecule has 9 heterocycles. The number of rotatable bonds is 6. The monoisotopic (exact) mass is 1050 g/mol. The van der Waals surface area contributed by atoms with Gasteiger partial charge in [0.1, 0.15) is 40.5 Å². The number of nitrogens with two attached hydrogens (primary N) is 2. The Morgan fingerprint density at radius 3 is 1.59 bits per heavy atom. The molecule has 0 unspecified atom stereocenters. The second-order valence-electron chi connectivity index (χ2n) is 18.5. The smallest absolute Gasteiger partial charge is 0.366 e. The van der Waals surface area contributed by atoms with Crippen LogP contribution in [-0.2, 0) is 4.79 Å². The maximum atomic E-state index is 11.5. The third-order valence-electron chi connectivity index (χ3n) is 10.6. The summed E-state index contributed by atoms with van der Waals surface area (Å²) in [6.07, 6.45) is 14.8. The van der Waals surface area contributed by atoms with Crippen LogP contribution in [0.5, 0.6) is 0 Å². The van der Waals surface area contributed by atoms with Crippen molar-refractivity contribution in [3.8, 4) is 0 Å². The number of amidine groups is 1. The Hall–Kier alpha value is -8.64. The molecule has 0 saturated heterocycles. The normalized spacial score (nSPS) is 12.8. The standard InChI is InChI=1S/C10H14N4.C9H12N4O.C8H10N4O.C8H13N3.C8H12N2O.C6H10N4O.2CH4/c1-6(2)14-5-11-9-7(3)12-8(4)13-10(9)14;1-5(2)13-4-10-7-8(13)11-6(3)12-9(7)14;1-5(2)12-4-11-6-7(12)9-3-10-8(6)13;1-6(2)11-5-4-8(9)10-7(11)3;1-6(2)10-5-4-8(11)9-7(10)3;1-4(2)10-6(11)9-5(7)3-8-10;;/h5-6H,1-4H3;4-5H,1-3H3,(H,11,12,14);3-5H,1-2H3,(H,9,10,13);4-6H,3H2,1-2H3,(H2,9,10);4-6H,3H2,1-2H3,(H,9,11);3-4H,1-2H3,(H2,7,9,11);2*1H4. The number of anilines is 1. The molecule has 0 bridgehead atoms. The van der Waals surface area contributed by atoms with Crippen LogP contribution in [-0.4, -0.2) is 107 Å². The average molecular weight is 1050 g/mol. The Morgan fingerprint density at radius 2 is 1.09 bits per heavy atom. The number of carbonyl (C=O) groups excluding carboxylic acids is 1. The van der Waals surface area contributed by atoms with Crippen LogP contribution >= 0.6 is 0 Å². The third kappa shape index (κ3) is 16.7. The molecule has 412 valence electrons. The zero-order chi connectivity index (χ0) is 55.3. The fourth-order valence-corrected chi connectivity index (χ4v) is 6.87. The van der Waals surface area contributed by atoms with Gasteiger partial charge in [-0.05, 0) is 110 Å². The number of nitrogen functional groups attached to an aromatic ring is 1. The Morgan fingerprint density at radius 1 is 0.579 bits per heavy atom. The fraction of sp³-hybridized carbons (Fsp3) is 0.451. The van der Waals surface area contributed by atoms with Crippen molar-refractivity contribution < 1.29 is 4.79 Å². The van der Waals surface area contributed by atoms with Crippen molar-refractivity contribution in [1.82, 2.24) is 88.4 Å². The van der Waals surface area contributed by atoms with Crippen LogP contribution < -0.4 is 33.6 Å². The molecule has 0 fully saturated rings. The van der Waals surface area contributed by atoms with Gasteiger partial charge in [-0.1, -0.05) is 28.0 Å². The van der Waals surface area contributed by atoms with E-state index in [1.807, 2.05) is 101 Å². The zero-order valence-electron chi connectivity index (χ0n) is 45.0. The molecule has 7 aromatic heterocycles. The lowest BCUT2D eigenvalue weighted by Crippen LogP contribution is -2.38. The van der Waals surface area contributed by atoms with Gasteiger partial charge in [-0.2, -0.15) is 10.1 Å². The van der Waals surface area contributed by atoms with Crippen LogP contribution in [0.15, 0.2) is 100 Å². The molecule has 7 aromatic rings. The quantitative estimate of drug-likeness (QED) is 0.116. The average Bonchev–Trinajstić information content (AvgIpc) is 4.06. The van der Waals surface area contributed by atoms with Crippen molar-refractivity contribution in [2.24, 2.45) is 10.7 Å². The predicted octanol–water partition coefficient (Wildman–Crippen LogP) is 6.67. The molecular formula is C51H79N21O4. The third-order valence-corrected chi connectivity index (χ3v) is 10.6. The summed E-state index contributed by atoms with van der Waals surface area (Å²) in [4.78, 5) is 90.4. The van der Waals surface area contributed by atoms with E-state index in [2.05, 4.69) is 111 Å². The van der Waals surface area contributed by atoms with E-state index in [1.165, 1.54) is 23.3 Å². The van der Waals surface area contributed by atoms with E-state index in [0.717, 1.165) is 22.7 Å². The lowest BCUT2D eigenvalue weighted by molar-refractivity contribution is -0.116. The van der Waals surface area contributed by atoms with E-state index in [9.17, 15) is 19.2 Å². The highest BCUT2D eigenvalue weighted by molar-refractivity contribution is 5.92. The summed E-state index contributed by atoms with van der Waals surface area (Å²) in [5.74, 6) is 3.35. The second-order valence-corrected chi connectivity index (χ2v) is 18.5. The van der Waals surface area contributed by atoms with Crippen molar-refractivity contribution >= 4 is 51.1 Å². The molecule has 0 atom stereocenters. The minimum Gasteiger partial charge on any atom is -0.384 e. The van der Waals surface area contributed by atoms with Crippen LogP contribution in [0.4, 0.5) is 5.82 Å². The molecule has 0 aliphatic carbocycles. The minimum atomic E-state index is -0.403. The van der Waals surface area contributed by atoms with E-state index < -0.39 is 5.69 Å². The largest absolute Gasteiger partial charge is 0.384 e. The van der Waals surface area contributed by atoms with Crippen molar-refractivity contribution in [3.05, 3.63) is 129 Å². The van der Waals surface area contributed by atoms with Crippen LogP contribution in [0, 0.1) is 20.8 Å². The van der Waals surface area contributed by atoms with Gasteiger partial charge in [-0.15, -0.1) is 0 Å². The molecule has 0 saturated carbocycles. The number of nitrogens with one attached hydrogen (secondary N) is 3. The van der Waals surface area contributed by atoms with Crippen molar-refractivity contribution in [2.75, 3.05) is 5.73 Å². The highest BCUT2D eigenvalue weighted by atomic mass is 16.2. The number of aliphatic imine (C=N–C) groups is 1. The molecule has 25 heteroatoms. The summed E-state index contributed by atoms with van der Waals surface area (Å²) in [7, 11) is 0. The van der Waals surface area contributed by atoms with Gasteiger partial charge in [-0.3, -0.25) is 14.4 Å². The fourth-order valence-electron chi connectivity index (χ4n) is 6.87. The maximum Gasteiger partial charge on any atom is 0.366 e. The maximum absolute atomic E-state index is 11.5. The lowest BCUT2D eigenvalue weighted by atomic mass is 10.3. The van der Waals surface area contributed by atoms with Gasteiger partial charge in [0.05, 0.1) is 43.2 Å². The molecule has 0 aromatic carbocycles. The predicted molar refractivity (Wildman–Crippen MR) is 302 cm³/mol. The first-order chi connectivity index (χ1) is 34.7. The molecule has 7 N–H and O–H groups in total. The summed E-state index contributed by atoms with van der Waals surface area (Å²) in [5, 5.41) is 6.41. The number of fused-ring (bicyclic) bond motifs is 3. The lowest BCUT2D eigenvalue weighted by Gasteiger charge is -2.29. The summed E-state index contributed by atoms with van der Waals surface area (Å²) in [6.45, 7) is 37.4. The molecule has 2 aliphatic rings. The molecule has 76 heavy (non-hydrogen) atoms. The molecule has 2 aliphatic heterocycles. The van der Waals surface area contributed by atoms with Gasteiger partial charge in [0.15, 0.2) is 28.0 Å². The van der Waals surface area contributed by atoms with Crippen molar-refractivity contribution in [3.63, 3.8) is 0 Å². The second kappa shape index (κ2) is 28.1. The summed E-state index contributed by atoms with van der Waals surface area (Å²) in [6, 6.07) is 1.65.